The Morgan fingerprint density at radius 3 is 1.83 bits per heavy atom. The van der Waals surface area contributed by atoms with E-state index in [1.165, 1.54) is 9.80 Å². The smallest absolute Gasteiger partial charge is 0.417 e. The Morgan fingerprint density at radius 2 is 1.37 bits per heavy atom. The summed E-state index contributed by atoms with van der Waals surface area (Å²) in [6, 6.07) is 0.0291. The van der Waals surface area contributed by atoms with Gasteiger partial charge in [0.05, 0.1) is 12.0 Å². The molecule has 194 valence electrons. The first-order chi connectivity index (χ1) is 15.9. The standard InChI is InChI=1S/C15H25NO3Si.C11H15NO3/c1-15(2,3)19-14(18)16-9-7-8(13(16)17)10-11(9)12(10)20(4,5)6;1-11(2,3)15-10(14)12-8-5-4-7(6-8)9(12)13/h8-12H,7H2,1-6H3;4-5,7-8H,6H2,1-3H3/t8-,9+,10+,11-,12?;7-,8+/m01/s1. The largest absolute Gasteiger partial charge is 0.443 e. The number of carbonyl (C=O) groups is 4. The van der Waals surface area contributed by atoms with Gasteiger partial charge in [0.25, 0.3) is 0 Å². The van der Waals surface area contributed by atoms with Crippen LogP contribution in [0.2, 0.25) is 25.2 Å². The number of carbonyl (C=O) groups excluding carboxylic acids is 4. The van der Waals surface area contributed by atoms with Gasteiger partial charge in [-0.2, -0.15) is 0 Å². The van der Waals surface area contributed by atoms with Crippen LogP contribution in [0.4, 0.5) is 9.59 Å². The molecule has 0 spiro atoms. The van der Waals surface area contributed by atoms with Crippen molar-refractivity contribution >= 4 is 32.1 Å². The summed E-state index contributed by atoms with van der Waals surface area (Å²) in [5, 5.41) is 0. The van der Waals surface area contributed by atoms with E-state index in [9.17, 15) is 19.2 Å². The van der Waals surface area contributed by atoms with Crippen molar-refractivity contribution in [3.05, 3.63) is 12.2 Å². The molecule has 2 saturated heterocycles. The highest BCUT2D eigenvalue weighted by molar-refractivity contribution is 6.78. The molecule has 2 heterocycles. The van der Waals surface area contributed by atoms with Crippen molar-refractivity contribution in [2.45, 2.75) is 103 Å². The van der Waals surface area contributed by atoms with Gasteiger partial charge >= 0.3 is 12.2 Å². The maximum atomic E-state index is 12.4. The first-order valence-electron chi connectivity index (χ1n) is 12.7. The molecule has 0 aromatic rings. The van der Waals surface area contributed by atoms with Gasteiger partial charge in [-0.05, 0) is 71.8 Å². The third kappa shape index (κ3) is 4.80. The minimum absolute atomic E-state index is 0.0197. The summed E-state index contributed by atoms with van der Waals surface area (Å²) in [5.41, 5.74) is -0.383. The molecular formula is C26H40N2O6Si. The Kier molecular flexibility index (Phi) is 6.06. The third-order valence-electron chi connectivity index (χ3n) is 7.55. The number of hydrogen-bond donors (Lipinski definition) is 0. The summed E-state index contributed by atoms with van der Waals surface area (Å²) >= 11 is 0. The van der Waals surface area contributed by atoms with Crippen LogP contribution in [0.1, 0.15) is 54.4 Å². The topological polar surface area (TPSA) is 93.2 Å². The van der Waals surface area contributed by atoms with E-state index < -0.39 is 31.5 Å². The van der Waals surface area contributed by atoms with Gasteiger partial charge in [-0.3, -0.25) is 9.59 Å². The molecule has 2 aliphatic heterocycles. The normalized spacial score (nSPS) is 34.6. The lowest BCUT2D eigenvalue weighted by atomic mass is 10.1. The molecule has 9 heteroatoms. The summed E-state index contributed by atoms with van der Waals surface area (Å²) in [7, 11) is -1.23. The van der Waals surface area contributed by atoms with Crippen LogP contribution in [0.5, 0.6) is 0 Å². The number of hydrogen-bond acceptors (Lipinski definition) is 6. The maximum Gasteiger partial charge on any atom is 0.417 e. The molecule has 7 atom stereocenters. The van der Waals surface area contributed by atoms with Gasteiger partial charge < -0.3 is 9.47 Å². The van der Waals surface area contributed by atoms with Crippen molar-refractivity contribution in [1.29, 1.82) is 0 Å². The fourth-order valence-electron chi connectivity index (χ4n) is 6.46. The predicted octanol–water partition coefficient (Wildman–Crippen LogP) is 4.82. The molecule has 5 aliphatic rings. The average Bonchev–Trinajstić information content (AvgIpc) is 2.97. The number of imide groups is 2. The molecule has 4 fully saturated rings. The molecule has 3 aliphatic carbocycles. The van der Waals surface area contributed by atoms with Crippen LogP contribution in [0.25, 0.3) is 0 Å². The Hall–Kier alpha value is -2.16. The zero-order valence-electron chi connectivity index (χ0n) is 22.5. The number of ether oxygens (including phenoxy) is 2. The van der Waals surface area contributed by atoms with E-state index in [1.54, 1.807) is 20.8 Å². The van der Waals surface area contributed by atoms with E-state index >= 15 is 0 Å². The molecule has 0 aromatic heterocycles. The second-order valence-electron chi connectivity index (χ2n) is 13.6. The number of amides is 4. The highest BCUT2D eigenvalue weighted by Gasteiger charge is 2.74. The number of piperidine rings is 1. The van der Waals surface area contributed by atoms with E-state index in [1.807, 2.05) is 32.9 Å². The first kappa shape index (κ1) is 25.9. The quantitative estimate of drug-likeness (QED) is 0.376. The van der Waals surface area contributed by atoms with Crippen LogP contribution in [0.15, 0.2) is 12.2 Å². The summed E-state index contributed by atoms with van der Waals surface area (Å²) in [4.78, 5) is 50.8. The summed E-state index contributed by atoms with van der Waals surface area (Å²) in [5.74, 6) is 1.01. The lowest BCUT2D eigenvalue weighted by Crippen LogP contribution is -2.45. The van der Waals surface area contributed by atoms with Gasteiger partial charge in [0.15, 0.2) is 0 Å². The highest BCUT2D eigenvalue weighted by atomic mass is 28.3. The minimum Gasteiger partial charge on any atom is -0.443 e. The Morgan fingerprint density at radius 1 is 0.829 bits per heavy atom. The Balaban J connectivity index is 0.000000172. The number of rotatable bonds is 1. The highest BCUT2D eigenvalue weighted by Crippen LogP contribution is 2.72. The van der Waals surface area contributed by atoms with Gasteiger partial charge in [-0.25, -0.2) is 19.4 Å². The lowest BCUT2D eigenvalue weighted by molar-refractivity contribution is -0.133. The average molecular weight is 505 g/mol. The maximum absolute atomic E-state index is 12.4. The molecule has 5 rings (SSSR count). The van der Waals surface area contributed by atoms with Gasteiger partial charge in [0, 0.05) is 20.0 Å². The number of likely N-dealkylation sites (tertiary alicyclic amines) is 2. The van der Waals surface area contributed by atoms with Crippen LogP contribution in [0.3, 0.4) is 0 Å². The second-order valence-corrected chi connectivity index (χ2v) is 19.0. The van der Waals surface area contributed by atoms with Gasteiger partial charge in [0.1, 0.15) is 11.2 Å². The third-order valence-corrected chi connectivity index (χ3v) is 10.3. The van der Waals surface area contributed by atoms with Crippen LogP contribution in [0, 0.1) is 23.7 Å². The zero-order chi connectivity index (χ0) is 26.2. The van der Waals surface area contributed by atoms with Crippen LogP contribution in [-0.4, -0.2) is 65.2 Å². The minimum atomic E-state index is -1.23. The Bertz CT molecular complexity index is 972. The van der Waals surface area contributed by atoms with Crippen molar-refractivity contribution in [3.63, 3.8) is 0 Å². The molecule has 2 saturated carbocycles. The fourth-order valence-corrected chi connectivity index (χ4v) is 9.55. The molecule has 0 radical (unpaired) electrons. The van der Waals surface area contributed by atoms with Crippen molar-refractivity contribution in [2.75, 3.05) is 0 Å². The lowest BCUT2D eigenvalue weighted by Gasteiger charge is -2.29. The van der Waals surface area contributed by atoms with E-state index in [-0.39, 0.29) is 35.7 Å². The van der Waals surface area contributed by atoms with Crippen LogP contribution >= 0.6 is 0 Å². The van der Waals surface area contributed by atoms with E-state index in [2.05, 4.69) is 19.6 Å². The van der Waals surface area contributed by atoms with Crippen molar-refractivity contribution in [3.8, 4) is 0 Å². The van der Waals surface area contributed by atoms with E-state index in [0.717, 1.165) is 12.8 Å². The monoisotopic (exact) mass is 504 g/mol. The fraction of sp³-hybridized carbons (Fsp3) is 0.769. The molecule has 4 amide bonds. The van der Waals surface area contributed by atoms with Crippen LogP contribution < -0.4 is 0 Å². The molecule has 35 heavy (non-hydrogen) atoms. The molecule has 1 unspecified atom stereocenters. The van der Waals surface area contributed by atoms with Gasteiger partial charge in [-0.15, -0.1) is 0 Å². The summed E-state index contributed by atoms with van der Waals surface area (Å²) in [6.07, 6.45) is 4.40. The predicted molar refractivity (Wildman–Crippen MR) is 133 cm³/mol. The molecule has 4 bridgehead atoms. The molecule has 0 aromatic carbocycles. The molecular weight excluding hydrogens is 464 g/mol. The van der Waals surface area contributed by atoms with Gasteiger partial charge in [-0.1, -0.05) is 31.8 Å². The van der Waals surface area contributed by atoms with E-state index in [0.29, 0.717) is 17.4 Å². The first-order valence-corrected chi connectivity index (χ1v) is 16.3. The molecule has 0 N–H and O–H groups in total. The second kappa shape index (κ2) is 8.18. The van der Waals surface area contributed by atoms with Crippen LogP contribution in [-0.2, 0) is 19.1 Å². The SMILES string of the molecule is CC(C)(C)OC(=O)N1C(=O)[C@@H]2C=C[C@H]1C2.CC(C)(C)OC(=O)N1C(=O)[C@H]2C[C@@H]1[C@@H]1C([Si](C)(C)C)[C@@H]12. The molecule has 8 nitrogen and oxygen atoms in total. The number of fused-ring (bicyclic) bond motifs is 7. The summed E-state index contributed by atoms with van der Waals surface area (Å²) < 4.78 is 10.6. The Labute approximate surface area is 209 Å². The summed E-state index contributed by atoms with van der Waals surface area (Å²) in [6.45, 7) is 18.0. The zero-order valence-corrected chi connectivity index (χ0v) is 23.5. The van der Waals surface area contributed by atoms with Crippen molar-refractivity contribution < 1.29 is 28.7 Å². The number of nitrogens with zero attached hydrogens (tertiary/aromatic N) is 2. The van der Waals surface area contributed by atoms with Gasteiger partial charge in [0.2, 0.25) is 11.8 Å². The van der Waals surface area contributed by atoms with Crippen molar-refractivity contribution in [2.24, 2.45) is 23.7 Å². The van der Waals surface area contributed by atoms with E-state index in [4.69, 9.17) is 9.47 Å². The van der Waals surface area contributed by atoms with Crippen molar-refractivity contribution in [1.82, 2.24) is 9.80 Å².